The van der Waals surface area contributed by atoms with Gasteiger partial charge >= 0.3 is 6.03 Å². The monoisotopic (exact) mass is 309 g/mol. The zero-order valence-corrected chi connectivity index (χ0v) is 12.0. The van der Waals surface area contributed by atoms with Gasteiger partial charge in [0.2, 0.25) is 5.91 Å². The fourth-order valence-corrected chi connectivity index (χ4v) is 3.41. The van der Waals surface area contributed by atoms with Crippen LogP contribution >= 0.6 is 11.3 Å². The third kappa shape index (κ3) is 2.82. The van der Waals surface area contributed by atoms with E-state index in [4.69, 9.17) is 5.73 Å². The maximum Gasteiger partial charge on any atom is 0.322 e. The van der Waals surface area contributed by atoms with Crippen molar-refractivity contribution in [1.82, 2.24) is 20.5 Å². The first-order valence-corrected chi connectivity index (χ1v) is 7.48. The number of fused-ring (bicyclic) bond motifs is 1. The summed E-state index contributed by atoms with van der Waals surface area (Å²) in [7, 11) is 0. The average Bonchev–Trinajstić information content (AvgIpc) is 2.96. The number of nitrogens with zero attached hydrogens (tertiary/aromatic N) is 2. The van der Waals surface area contributed by atoms with Gasteiger partial charge in [-0.15, -0.1) is 11.3 Å². The van der Waals surface area contributed by atoms with Crippen LogP contribution in [0.4, 0.5) is 9.93 Å². The van der Waals surface area contributed by atoms with Crippen molar-refractivity contribution >= 4 is 34.3 Å². The molecule has 0 spiro atoms. The highest BCUT2D eigenvalue weighted by atomic mass is 32.1. The summed E-state index contributed by atoms with van der Waals surface area (Å²) in [5.41, 5.74) is 6.64. The highest BCUT2D eigenvalue weighted by Crippen LogP contribution is 2.26. The van der Waals surface area contributed by atoms with Gasteiger partial charge in [-0.25, -0.2) is 9.78 Å². The zero-order chi connectivity index (χ0) is 15.0. The van der Waals surface area contributed by atoms with Crippen LogP contribution in [0.1, 0.15) is 23.4 Å². The molecule has 0 radical (unpaired) electrons. The number of imide groups is 1. The lowest BCUT2D eigenvalue weighted by Crippen LogP contribution is -2.37. The molecule has 9 heteroatoms. The summed E-state index contributed by atoms with van der Waals surface area (Å²) in [6.07, 6.45) is 1.24. The van der Waals surface area contributed by atoms with Crippen LogP contribution in [-0.2, 0) is 22.6 Å². The molecule has 8 nitrogen and oxygen atoms in total. The molecule has 0 saturated carbocycles. The van der Waals surface area contributed by atoms with E-state index in [9.17, 15) is 14.4 Å². The predicted octanol–water partition coefficient (Wildman–Crippen LogP) is -0.402. The number of aromatic nitrogens is 1. The Hall–Kier alpha value is -2.16. The number of nitrogens with two attached hydrogens (primary N) is 1. The van der Waals surface area contributed by atoms with Crippen LogP contribution in [0, 0.1) is 0 Å². The van der Waals surface area contributed by atoms with Crippen molar-refractivity contribution in [3.63, 3.8) is 0 Å². The van der Waals surface area contributed by atoms with E-state index in [-0.39, 0.29) is 18.2 Å². The number of rotatable bonds is 3. The number of nitrogens with one attached hydrogen (secondary N) is 2. The largest absolute Gasteiger partial charge is 0.375 e. The molecule has 1 fully saturated rings. The van der Waals surface area contributed by atoms with Crippen molar-refractivity contribution in [3.8, 4) is 0 Å². The summed E-state index contributed by atoms with van der Waals surface area (Å²) in [5, 5.41) is 5.17. The summed E-state index contributed by atoms with van der Waals surface area (Å²) < 4.78 is 0. The van der Waals surface area contributed by atoms with Gasteiger partial charge in [0.15, 0.2) is 5.13 Å². The molecule has 1 saturated heterocycles. The number of hydrogen-bond donors (Lipinski definition) is 3. The number of hydrogen-bond acceptors (Lipinski definition) is 6. The number of carbonyl (C=O) groups is 3. The fourth-order valence-electron chi connectivity index (χ4n) is 2.52. The Balaban J connectivity index is 1.55. The van der Waals surface area contributed by atoms with E-state index >= 15 is 0 Å². The van der Waals surface area contributed by atoms with Gasteiger partial charge in [0.1, 0.15) is 6.04 Å². The molecule has 3 rings (SSSR count). The first-order valence-electron chi connectivity index (χ1n) is 6.66. The Morgan fingerprint density at radius 2 is 2.29 bits per heavy atom. The Kier molecular flexibility index (Phi) is 3.50. The molecule has 0 unspecified atom stereocenters. The van der Waals surface area contributed by atoms with Crippen LogP contribution in [0.2, 0.25) is 0 Å². The average molecular weight is 309 g/mol. The number of carbonyl (C=O) groups excluding carboxylic acids is 3. The minimum Gasteiger partial charge on any atom is -0.375 e. The molecule has 0 aliphatic carbocycles. The maximum atomic E-state index is 12.2. The van der Waals surface area contributed by atoms with Gasteiger partial charge in [-0.1, -0.05) is 0 Å². The van der Waals surface area contributed by atoms with Crippen molar-refractivity contribution in [2.24, 2.45) is 0 Å². The first kappa shape index (κ1) is 13.8. The lowest BCUT2D eigenvalue weighted by molar-refractivity contribution is -0.132. The number of urea groups is 1. The standard InChI is InChI=1S/C12H15N5O3S/c13-11-14-6-3-4-17(5-8(6)21-11)9(18)2-1-7-10(19)16-12(20)15-7/h7H,1-5H2,(H2,13,14)(H2,15,16,19,20)/t7-/m0/s1. The van der Waals surface area contributed by atoms with Gasteiger partial charge in [-0.2, -0.15) is 0 Å². The Morgan fingerprint density at radius 3 is 3.00 bits per heavy atom. The van der Waals surface area contributed by atoms with Crippen LogP contribution in [0.5, 0.6) is 0 Å². The van der Waals surface area contributed by atoms with E-state index in [0.29, 0.717) is 31.1 Å². The lowest BCUT2D eigenvalue weighted by Gasteiger charge is -2.26. The molecular weight excluding hydrogens is 294 g/mol. The normalized spacial score (nSPS) is 21.0. The zero-order valence-electron chi connectivity index (χ0n) is 11.2. The van der Waals surface area contributed by atoms with Crippen LogP contribution in [0.3, 0.4) is 0 Å². The summed E-state index contributed by atoms with van der Waals surface area (Å²) in [4.78, 5) is 41.6. The maximum absolute atomic E-state index is 12.2. The van der Waals surface area contributed by atoms with Gasteiger partial charge in [0.25, 0.3) is 5.91 Å². The summed E-state index contributed by atoms with van der Waals surface area (Å²) in [6.45, 7) is 1.13. The van der Waals surface area contributed by atoms with Crippen molar-refractivity contribution in [2.75, 3.05) is 12.3 Å². The molecule has 1 atom stereocenters. The van der Waals surface area contributed by atoms with E-state index in [1.165, 1.54) is 11.3 Å². The van der Waals surface area contributed by atoms with Gasteiger partial charge in [0, 0.05) is 24.3 Å². The number of anilines is 1. The van der Waals surface area contributed by atoms with Crippen molar-refractivity contribution < 1.29 is 14.4 Å². The molecule has 0 aromatic carbocycles. The SMILES string of the molecule is Nc1nc2c(s1)CN(C(=O)CC[C@@H]1NC(=O)NC1=O)CC2. The molecule has 112 valence electrons. The van der Waals surface area contributed by atoms with Crippen LogP contribution in [-0.4, -0.2) is 40.3 Å². The number of nitrogen functional groups attached to an aromatic ring is 1. The molecule has 2 aliphatic heterocycles. The fraction of sp³-hybridized carbons (Fsp3) is 0.500. The Labute approximate surface area is 124 Å². The number of thiazole rings is 1. The quantitative estimate of drug-likeness (QED) is 0.657. The van der Waals surface area contributed by atoms with Gasteiger partial charge in [0.05, 0.1) is 12.2 Å². The van der Waals surface area contributed by atoms with Crippen molar-refractivity contribution in [3.05, 3.63) is 10.6 Å². The highest BCUT2D eigenvalue weighted by Gasteiger charge is 2.31. The summed E-state index contributed by atoms with van der Waals surface area (Å²) in [6, 6.07) is -1.11. The second-order valence-corrected chi connectivity index (χ2v) is 6.16. The molecule has 4 N–H and O–H groups in total. The molecule has 4 amide bonds. The highest BCUT2D eigenvalue weighted by molar-refractivity contribution is 7.15. The topological polar surface area (TPSA) is 117 Å². The first-order chi connectivity index (χ1) is 10.0. The molecule has 21 heavy (non-hydrogen) atoms. The molecule has 1 aromatic heterocycles. The molecule has 0 bridgehead atoms. The third-order valence-electron chi connectivity index (χ3n) is 3.61. The summed E-state index contributed by atoms with van der Waals surface area (Å²) >= 11 is 1.41. The van der Waals surface area contributed by atoms with E-state index in [2.05, 4.69) is 15.6 Å². The summed E-state index contributed by atoms with van der Waals surface area (Å²) in [5.74, 6) is -0.398. The van der Waals surface area contributed by atoms with E-state index in [1.807, 2.05) is 0 Å². The molecule has 2 aliphatic rings. The van der Waals surface area contributed by atoms with Crippen LogP contribution < -0.4 is 16.4 Å². The smallest absolute Gasteiger partial charge is 0.322 e. The van der Waals surface area contributed by atoms with E-state index in [1.54, 1.807) is 4.90 Å². The lowest BCUT2D eigenvalue weighted by atomic mass is 10.1. The van der Waals surface area contributed by atoms with Crippen molar-refractivity contribution in [2.45, 2.75) is 31.8 Å². The van der Waals surface area contributed by atoms with E-state index in [0.717, 1.165) is 10.6 Å². The molecule has 3 heterocycles. The predicted molar refractivity (Wildman–Crippen MR) is 75.3 cm³/mol. The van der Waals surface area contributed by atoms with Crippen LogP contribution in [0.15, 0.2) is 0 Å². The second-order valence-electron chi connectivity index (χ2n) is 5.04. The van der Waals surface area contributed by atoms with Gasteiger partial charge in [-0.3, -0.25) is 14.9 Å². The van der Waals surface area contributed by atoms with Gasteiger partial charge < -0.3 is 16.0 Å². The van der Waals surface area contributed by atoms with E-state index < -0.39 is 12.1 Å². The number of amides is 4. The molecular formula is C12H15N5O3S. The van der Waals surface area contributed by atoms with Crippen LogP contribution in [0.25, 0.3) is 0 Å². The van der Waals surface area contributed by atoms with Crippen molar-refractivity contribution in [1.29, 1.82) is 0 Å². The second kappa shape index (κ2) is 5.32. The molecule has 1 aromatic rings. The minimum absolute atomic E-state index is 0.0263. The minimum atomic E-state index is -0.610. The van der Waals surface area contributed by atoms with Gasteiger partial charge in [-0.05, 0) is 6.42 Å². The third-order valence-corrected chi connectivity index (χ3v) is 4.52. The Morgan fingerprint density at radius 1 is 1.48 bits per heavy atom. The Bertz CT molecular complexity index is 614.